The number of carbonyl (C=O) groups is 1. The van der Waals surface area contributed by atoms with Crippen LogP contribution in [0.4, 0.5) is 0 Å². The molecule has 2 heterocycles. The third-order valence-corrected chi connectivity index (χ3v) is 8.79. The second kappa shape index (κ2) is 9.26. The van der Waals surface area contributed by atoms with Crippen LogP contribution >= 0.6 is 22.7 Å². The Labute approximate surface area is 217 Å². The summed E-state index contributed by atoms with van der Waals surface area (Å²) in [4.78, 5) is 16.5. The van der Waals surface area contributed by atoms with Gasteiger partial charge in [-0.25, -0.2) is 0 Å². The fraction of sp³-hybridized carbons (Fsp3) is 0.0645. The third kappa shape index (κ3) is 3.77. The molecule has 0 radical (unpaired) electrons. The van der Waals surface area contributed by atoms with Crippen LogP contribution in [0.3, 0.4) is 0 Å². The minimum absolute atomic E-state index is 0.0431. The van der Waals surface area contributed by atoms with E-state index in [1.165, 1.54) is 0 Å². The first-order valence-corrected chi connectivity index (χ1v) is 13.2. The van der Waals surface area contributed by atoms with Crippen molar-refractivity contribution in [1.82, 2.24) is 0 Å². The maximum absolute atomic E-state index is 14.6. The average Bonchev–Trinajstić information content (AvgIpc) is 3.52. The zero-order chi connectivity index (χ0) is 24.6. The maximum Gasteiger partial charge on any atom is 0.197 e. The molecular weight excluding hydrogens is 484 g/mol. The SMILES string of the molecule is COc1ccc(-c2sc3ccccc3c2C(=O)c2c(-c3ccc(OC)cc3)sc3ccccc23)cc1. The molecule has 0 atom stereocenters. The van der Waals surface area contributed by atoms with E-state index in [0.717, 1.165) is 63.7 Å². The Bertz CT molecular complexity index is 1580. The molecule has 0 unspecified atom stereocenters. The van der Waals surface area contributed by atoms with Gasteiger partial charge in [0.05, 0.1) is 14.2 Å². The van der Waals surface area contributed by atoms with Gasteiger partial charge in [-0.15, -0.1) is 22.7 Å². The largest absolute Gasteiger partial charge is 0.497 e. The molecule has 6 aromatic rings. The molecule has 6 rings (SSSR count). The lowest BCUT2D eigenvalue weighted by Crippen LogP contribution is -2.03. The fourth-order valence-electron chi connectivity index (χ4n) is 4.56. The highest BCUT2D eigenvalue weighted by Crippen LogP contribution is 2.45. The molecule has 2 aromatic heterocycles. The van der Waals surface area contributed by atoms with E-state index in [9.17, 15) is 4.79 Å². The fourth-order valence-corrected chi connectivity index (χ4v) is 6.97. The van der Waals surface area contributed by atoms with Gasteiger partial charge in [-0.2, -0.15) is 0 Å². The van der Waals surface area contributed by atoms with E-state index in [2.05, 4.69) is 12.1 Å². The van der Waals surface area contributed by atoms with Crippen LogP contribution in [0.25, 0.3) is 41.1 Å². The van der Waals surface area contributed by atoms with Crippen molar-refractivity contribution >= 4 is 48.6 Å². The predicted octanol–water partition coefficient (Wildman–Crippen LogP) is 8.70. The number of carbonyl (C=O) groups excluding carboxylic acids is 1. The molecule has 0 amide bonds. The third-order valence-electron chi connectivity index (χ3n) is 6.35. The number of thiophene rings is 2. The van der Waals surface area contributed by atoms with Crippen LogP contribution in [-0.4, -0.2) is 20.0 Å². The summed E-state index contributed by atoms with van der Waals surface area (Å²) < 4.78 is 12.9. The van der Waals surface area contributed by atoms with Crippen molar-refractivity contribution < 1.29 is 14.3 Å². The van der Waals surface area contributed by atoms with Crippen molar-refractivity contribution in [1.29, 1.82) is 0 Å². The van der Waals surface area contributed by atoms with Crippen molar-refractivity contribution in [3.05, 3.63) is 108 Å². The Morgan fingerprint density at radius 2 is 0.944 bits per heavy atom. The summed E-state index contributed by atoms with van der Waals surface area (Å²) in [6.07, 6.45) is 0. The molecule has 4 aromatic carbocycles. The first kappa shape index (κ1) is 22.5. The van der Waals surface area contributed by atoms with Crippen LogP contribution in [0, 0.1) is 0 Å². The first-order chi connectivity index (χ1) is 17.7. The molecule has 0 fully saturated rings. The standard InChI is InChI=1S/C31H22O3S2/c1-33-21-15-11-19(12-16-21)30-27(23-7-3-5-9-25(23)35-30)29(32)28-24-8-4-6-10-26(24)36-31(28)20-13-17-22(34-2)18-14-20/h3-18H,1-2H3. The van der Waals surface area contributed by atoms with Gasteiger partial charge < -0.3 is 9.47 Å². The molecule has 0 aliphatic heterocycles. The van der Waals surface area contributed by atoms with Crippen LogP contribution in [0.1, 0.15) is 15.9 Å². The monoisotopic (exact) mass is 506 g/mol. The quantitative estimate of drug-likeness (QED) is 0.212. The zero-order valence-corrected chi connectivity index (χ0v) is 21.4. The summed E-state index contributed by atoms with van der Waals surface area (Å²) in [5.41, 5.74) is 3.51. The maximum atomic E-state index is 14.6. The number of hydrogen-bond acceptors (Lipinski definition) is 5. The molecule has 0 spiro atoms. The van der Waals surface area contributed by atoms with Gasteiger partial charge in [0.2, 0.25) is 0 Å². The summed E-state index contributed by atoms with van der Waals surface area (Å²) in [5.74, 6) is 1.62. The molecule has 0 aliphatic carbocycles. The van der Waals surface area contributed by atoms with Crippen molar-refractivity contribution in [3.8, 4) is 32.4 Å². The van der Waals surface area contributed by atoms with E-state index in [4.69, 9.17) is 9.47 Å². The number of methoxy groups -OCH3 is 2. The second-order valence-electron chi connectivity index (χ2n) is 8.39. The topological polar surface area (TPSA) is 35.5 Å². The van der Waals surface area contributed by atoms with Gasteiger partial charge in [0.1, 0.15) is 11.5 Å². The number of fused-ring (bicyclic) bond motifs is 2. The van der Waals surface area contributed by atoms with Crippen molar-refractivity contribution in [2.24, 2.45) is 0 Å². The van der Waals surface area contributed by atoms with E-state index in [1.54, 1.807) is 36.9 Å². The first-order valence-electron chi connectivity index (χ1n) is 11.5. The molecule has 5 heteroatoms. The molecule has 0 bridgehead atoms. The molecule has 0 saturated heterocycles. The van der Waals surface area contributed by atoms with Crippen molar-refractivity contribution in [2.75, 3.05) is 14.2 Å². The zero-order valence-electron chi connectivity index (χ0n) is 19.8. The van der Waals surface area contributed by atoms with Crippen LogP contribution in [0.15, 0.2) is 97.1 Å². The number of hydrogen-bond donors (Lipinski definition) is 0. The summed E-state index contributed by atoms with van der Waals surface area (Å²) in [7, 11) is 3.32. The van der Waals surface area contributed by atoms with Gasteiger partial charge in [-0.1, -0.05) is 36.4 Å². The predicted molar refractivity (Wildman–Crippen MR) is 151 cm³/mol. The lowest BCUT2D eigenvalue weighted by molar-refractivity contribution is 0.104. The molecule has 0 N–H and O–H groups in total. The lowest BCUT2D eigenvalue weighted by atomic mass is 9.94. The molecule has 36 heavy (non-hydrogen) atoms. The van der Waals surface area contributed by atoms with Crippen molar-refractivity contribution in [3.63, 3.8) is 0 Å². The Balaban J connectivity index is 1.60. The Morgan fingerprint density at radius 3 is 1.33 bits per heavy atom. The van der Waals surface area contributed by atoms with Crippen molar-refractivity contribution in [2.45, 2.75) is 0 Å². The van der Waals surface area contributed by atoms with E-state index in [0.29, 0.717) is 0 Å². The summed E-state index contributed by atoms with van der Waals surface area (Å²) in [6.45, 7) is 0. The highest BCUT2D eigenvalue weighted by atomic mass is 32.1. The lowest BCUT2D eigenvalue weighted by Gasteiger charge is -2.09. The minimum Gasteiger partial charge on any atom is -0.497 e. The van der Waals surface area contributed by atoms with Crippen LogP contribution < -0.4 is 9.47 Å². The van der Waals surface area contributed by atoms with Crippen LogP contribution in [-0.2, 0) is 0 Å². The Hall–Kier alpha value is -3.93. The Kier molecular flexibility index (Phi) is 5.80. The molecule has 0 aliphatic rings. The molecule has 0 saturated carbocycles. The molecule has 176 valence electrons. The van der Waals surface area contributed by atoms with Crippen LogP contribution in [0.2, 0.25) is 0 Å². The van der Waals surface area contributed by atoms with Gasteiger partial charge >= 0.3 is 0 Å². The molecule has 3 nitrogen and oxygen atoms in total. The van der Waals surface area contributed by atoms with Gasteiger partial charge in [-0.05, 0) is 71.8 Å². The number of ether oxygens (including phenoxy) is 2. The number of ketones is 1. The van der Waals surface area contributed by atoms with Gasteiger partial charge in [0.15, 0.2) is 5.78 Å². The Morgan fingerprint density at radius 1 is 0.556 bits per heavy atom. The van der Waals surface area contributed by atoms with Gasteiger partial charge in [-0.3, -0.25) is 4.79 Å². The van der Waals surface area contributed by atoms with Crippen LogP contribution in [0.5, 0.6) is 11.5 Å². The summed E-state index contributed by atoms with van der Waals surface area (Å²) in [6, 6.07) is 32.2. The highest BCUT2D eigenvalue weighted by molar-refractivity contribution is 7.23. The minimum atomic E-state index is 0.0431. The van der Waals surface area contributed by atoms with E-state index in [-0.39, 0.29) is 5.78 Å². The van der Waals surface area contributed by atoms with Gasteiger partial charge in [0.25, 0.3) is 0 Å². The average molecular weight is 507 g/mol. The second-order valence-corrected chi connectivity index (χ2v) is 10.5. The number of benzene rings is 4. The smallest absolute Gasteiger partial charge is 0.197 e. The molecular formula is C31H22O3S2. The van der Waals surface area contributed by atoms with E-state index >= 15 is 0 Å². The normalized spacial score (nSPS) is 11.2. The number of rotatable bonds is 6. The van der Waals surface area contributed by atoms with E-state index < -0.39 is 0 Å². The highest BCUT2D eigenvalue weighted by Gasteiger charge is 2.27. The van der Waals surface area contributed by atoms with Gasteiger partial charge in [0, 0.05) is 41.1 Å². The summed E-state index contributed by atoms with van der Waals surface area (Å²) in [5, 5.41) is 1.96. The van der Waals surface area contributed by atoms with E-state index in [1.807, 2.05) is 84.9 Å². The summed E-state index contributed by atoms with van der Waals surface area (Å²) >= 11 is 3.31.